The largest absolute Gasteiger partial charge is 0.348 e. The Balaban J connectivity index is 2.64. The van der Waals surface area contributed by atoms with E-state index in [0.717, 1.165) is 24.1 Å². The van der Waals surface area contributed by atoms with Gasteiger partial charge in [0.25, 0.3) is 0 Å². The minimum atomic E-state index is 0.772. The molecular weight excluding hydrogens is 220 g/mol. The highest BCUT2D eigenvalue weighted by atomic mass is 32.2. The predicted octanol–water partition coefficient (Wildman–Crippen LogP) is 0.141. The fraction of sp³-hybridized carbons (Fsp3) is 0.667. The van der Waals surface area contributed by atoms with Crippen molar-refractivity contribution in [2.24, 2.45) is 8.80 Å². The van der Waals surface area contributed by atoms with E-state index in [0.29, 0.717) is 0 Å². The molecule has 0 unspecified atom stereocenters. The topological polar surface area (TPSA) is 55.3 Å². The van der Waals surface area contributed by atoms with Gasteiger partial charge in [-0.3, -0.25) is 9.44 Å². The molecule has 0 bridgehead atoms. The first-order chi connectivity index (χ1) is 6.61. The predicted molar refractivity (Wildman–Crippen MR) is 63.7 cm³/mol. The maximum atomic E-state index is 4.19. The van der Waals surface area contributed by atoms with E-state index in [4.69, 9.17) is 0 Å². The van der Waals surface area contributed by atoms with Crippen LogP contribution in [0.15, 0.2) is 8.80 Å². The van der Waals surface area contributed by atoms with E-state index in [9.17, 15) is 0 Å². The second kappa shape index (κ2) is 5.20. The summed E-state index contributed by atoms with van der Waals surface area (Å²) in [5.41, 5.74) is 0. The van der Waals surface area contributed by atoms with E-state index >= 15 is 0 Å². The van der Waals surface area contributed by atoms with Crippen LogP contribution in [0.2, 0.25) is 0 Å². The van der Waals surface area contributed by atoms with E-state index < -0.39 is 0 Å². The van der Waals surface area contributed by atoms with Gasteiger partial charge in [0, 0.05) is 28.2 Å². The van der Waals surface area contributed by atoms with Crippen LogP contribution in [0.5, 0.6) is 0 Å². The molecule has 6 nitrogen and oxygen atoms in total. The average Bonchev–Trinajstić information content (AvgIpc) is 2.01. The fourth-order valence-electron chi connectivity index (χ4n) is 0.598. The number of guanidine groups is 2. The van der Waals surface area contributed by atoms with Gasteiger partial charge < -0.3 is 9.80 Å². The van der Waals surface area contributed by atoms with Gasteiger partial charge in [0.15, 0.2) is 0 Å². The van der Waals surface area contributed by atoms with Crippen molar-refractivity contribution in [3.8, 4) is 0 Å². The average molecular weight is 234 g/mol. The molecule has 2 N–H and O–H groups in total. The summed E-state index contributed by atoms with van der Waals surface area (Å²) in [6.45, 7) is 0. The molecule has 0 aromatic carbocycles. The smallest absolute Gasteiger partial charge is 0.218 e. The van der Waals surface area contributed by atoms with Crippen molar-refractivity contribution in [3.05, 3.63) is 0 Å². The summed E-state index contributed by atoms with van der Waals surface area (Å²) in [5.74, 6) is 1.54. The lowest BCUT2D eigenvalue weighted by atomic mass is 10.8. The zero-order valence-corrected chi connectivity index (χ0v) is 10.2. The van der Waals surface area contributed by atoms with Crippen LogP contribution in [0.25, 0.3) is 0 Å². The Morgan fingerprint density at radius 1 is 0.929 bits per heavy atom. The highest BCUT2D eigenvalue weighted by Gasteiger charge is 2.08. The summed E-state index contributed by atoms with van der Waals surface area (Å²) in [6.07, 6.45) is 0. The molecule has 0 amide bonds. The summed E-state index contributed by atoms with van der Waals surface area (Å²) in [4.78, 5) is 3.77. The van der Waals surface area contributed by atoms with Gasteiger partial charge in [-0.25, -0.2) is 0 Å². The standard InChI is InChI=1S/C6H14N6S2/c1-11(2)5-7-13-9-6(12(3)4)10-14-8-5/h1-4H3,(H,7,8)(H,9,10). The van der Waals surface area contributed by atoms with E-state index in [1.54, 1.807) is 0 Å². The molecule has 0 aliphatic carbocycles. The molecule has 0 aromatic rings. The zero-order valence-electron chi connectivity index (χ0n) is 8.61. The normalized spacial score (nSPS) is 24.0. The first kappa shape index (κ1) is 11.3. The fourth-order valence-corrected chi connectivity index (χ4v) is 2.02. The van der Waals surface area contributed by atoms with Crippen molar-refractivity contribution in [2.45, 2.75) is 0 Å². The van der Waals surface area contributed by atoms with Crippen LogP contribution in [0, 0.1) is 0 Å². The Bertz CT molecular complexity index is 225. The van der Waals surface area contributed by atoms with Crippen LogP contribution < -0.4 is 9.44 Å². The Labute approximate surface area is 92.8 Å². The molecule has 0 saturated heterocycles. The Kier molecular flexibility index (Phi) is 4.21. The third kappa shape index (κ3) is 3.18. The highest BCUT2D eigenvalue weighted by molar-refractivity contribution is 7.98. The number of nitrogens with one attached hydrogen (secondary N) is 2. The third-order valence-electron chi connectivity index (χ3n) is 1.39. The molecule has 8 heteroatoms. The molecule has 1 aliphatic rings. The first-order valence-electron chi connectivity index (χ1n) is 3.96. The van der Waals surface area contributed by atoms with E-state index in [1.165, 1.54) is 12.1 Å². The molecule has 1 aliphatic heterocycles. The lowest BCUT2D eigenvalue weighted by Crippen LogP contribution is -2.39. The Morgan fingerprint density at radius 3 is 1.71 bits per heavy atom. The van der Waals surface area contributed by atoms with Crippen molar-refractivity contribution < 1.29 is 0 Å². The molecular formula is C6H14N6S2. The Morgan fingerprint density at radius 2 is 1.36 bits per heavy atom. The molecule has 0 atom stereocenters. The van der Waals surface area contributed by atoms with Crippen molar-refractivity contribution in [1.29, 1.82) is 0 Å². The number of nitrogens with zero attached hydrogens (tertiary/aromatic N) is 4. The summed E-state index contributed by atoms with van der Waals surface area (Å²) in [7, 11) is 7.69. The molecule has 0 fully saturated rings. The number of hydrogen-bond donors (Lipinski definition) is 2. The van der Waals surface area contributed by atoms with Gasteiger partial charge in [-0.1, -0.05) is 0 Å². The van der Waals surface area contributed by atoms with Crippen molar-refractivity contribution in [2.75, 3.05) is 28.2 Å². The summed E-state index contributed by atoms with van der Waals surface area (Å²) >= 11 is 2.50. The highest BCUT2D eigenvalue weighted by Crippen LogP contribution is 2.09. The lowest BCUT2D eigenvalue weighted by Gasteiger charge is -2.20. The van der Waals surface area contributed by atoms with E-state index in [2.05, 4.69) is 18.2 Å². The van der Waals surface area contributed by atoms with Crippen LogP contribution in [0.1, 0.15) is 0 Å². The molecule has 0 spiro atoms. The van der Waals surface area contributed by atoms with E-state index in [-0.39, 0.29) is 0 Å². The Hall–Kier alpha value is -0.760. The molecule has 80 valence electrons. The van der Waals surface area contributed by atoms with Crippen molar-refractivity contribution in [3.63, 3.8) is 0 Å². The van der Waals surface area contributed by atoms with Gasteiger partial charge in [0.1, 0.15) is 12.1 Å². The van der Waals surface area contributed by atoms with Gasteiger partial charge in [-0.2, -0.15) is 8.80 Å². The summed E-state index contributed by atoms with van der Waals surface area (Å²) in [6, 6.07) is 0. The van der Waals surface area contributed by atoms with Crippen LogP contribution in [-0.4, -0.2) is 49.9 Å². The zero-order chi connectivity index (χ0) is 10.6. The van der Waals surface area contributed by atoms with Crippen LogP contribution in [0.3, 0.4) is 0 Å². The summed E-state index contributed by atoms with van der Waals surface area (Å²) < 4.78 is 14.5. The van der Waals surface area contributed by atoms with Crippen LogP contribution in [0.4, 0.5) is 0 Å². The molecule has 0 aromatic heterocycles. The maximum absolute atomic E-state index is 4.19. The SMILES string of the molecule is CN(C)/C1=N/S/N=C(/N(C)C)NSN1. The minimum Gasteiger partial charge on any atom is -0.348 e. The summed E-state index contributed by atoms with van der Waals surface area (Å²) in [5, 5.41) is 0. The van der Waals surface area contributed by atoms with Gasteiger partial charge >= 0.3 is 0 Å². The lowest BCUT2D eigenvalue weighted by molar-refractivity contribution is 0.605. The van der Waals surface area contributed by atoms with Crippen molar-refractivity contribution in [1.82, 2.24) is 19.2 Å². The van der Waals surface area contributed by atoms with Crippen LogP contribution in [-0.2, 0) is 0 Å². The molecule has 14 heavy (non-hydrogen) atoms. The molecule has 1 heterocycles. The quantitative estimate of drug-likeness (QED) is 0.582. The first-order valence-corrected chi connectivity index (χ1v) is 5.50. The van der Waals surface area contributed by atoms with Crippen molar-refractivity contribution >= 4 is 36.2 Å². The monoisotopic (exact) mass is 234 g/mol. The van der Waals surface area contributed by atoms with E-state index in [1.807, 2.05) is 38.0 Å². The molecule has 0 saturated carbocycles. The molecule has 1 rings (SSSR count). The second-order valence-corrected chi connectivity index (χ2v) is 4.15. The maximum Gasteiger partial charge on any atom is 0.218 e. The van der Waals surface area contributed by atoms with Crippen LogP contribution >= 0.6 is 24.3 Å². The van der Waals surface area contributed by atoms with Gasteiger partial charge in [0.2, 0.25) is 11.9 Å². The number of hydrogen-bond acceptors (Lipinski definition) is 8. The third-order valence-corrected chi connectivity index (χ3v) is 2.46. The van der Waals surface area contributed by atoms with Gasteiger partial charge in [-0.15, -0.1) is 0 Å². The van der Waals surface area contributed by atoms with Gasteiger partial charge in [-0.05, 0) is 0 Å². The minimum absolute atomic E-state index is 0.772. The molecule has 0 radical (unpaired) electrons. The second-order valence-electron chi connectivity index (χ2n) is 3.01. The van der Waals surface area contributed by atoms with Gasteiger partial charge in [0.05, 0.1) is 12.1 Å². The number of rotatable bonds is 0.